The molecule has 0 spiro atoms. The number of aryl methyl sites for hydroxylation is 1. The van der Waals surface area contributed by atoms with E-state index in [1.807, 2.05) is 13.8 Å². The van der Waals surface area contributed by atoms with Crippen LogP contribution in [0.15, 0.2) is 28.8 Å². The number of nitrogens with one attached hydrogen (secondary N) is 1. The maximum Gasteiger partial charge on any atom is 0.259 e. The van der Waals surface area contributed by atoms with Gasteiger partial charge in [-0.1, -0.05) is 19.0 Å². The Kier molecular flexibility index (Phi) is 4.79. The van der Waals surface area contributed by atoms with Crippen LogP contribution in [0.25, 0.3) is 11.1 Å². The highest BCUT2D eigenvalue weighted by molar-refractivity contribution is 6.12. The van der Waals surface area contributed by atoms with Gasteiger partial charge in [0.1, 0.15) is 0 Å². The van der Waals surface area contributed by atoms with E-state index in [1.165, 1.54) is 0 Å². The molecule has 0 radical (unpaired) electrons. The van der Waals surface area contributed by atoms with Crippen LogP contribution in [0, 0.1) is 6.92 Å². The van der Waals surface area contributed by atoms with Crippen LogP contribution in [0.1, 0.15) is 41.5 Å². The van der Waals surface area contributed by atoms with Gasteiger partial charge in [-0.3, -0.25) is 4.79 Å². The van der Waals surface area contributed by atoms with Crippen LogP contribution in [0.5, 0.6) is 11.5 Å². The lowest BCUT2D eigenvalue weighted by Gasteiger charge is -2.12. The maximum atomic E-state index is 12.9. The van der Waals surface area contributed by atoms with Gasteiger partial charge < -0.3 is 19.3 Å². The number of hydrogen-bond donors (Lipinski definition) is 1. The van der Waals surface area contributed by atoms with Gasteiger partial charge in [-0.15, -0.1) is 0 Å². The summed E-state index contributed by atoms with van der Waals surface area (Å²) in [6.07, 6.45) is 0. The number of ether oxygens (including phenoxy) is 2. The Morgan fingerprint density at radius 2 is 1.88 bits per heavy atom. The fraction of sp³-hybridized carbons (Fsp3) is 0.316. The van der Waals surface area contributed by atoms with E-state index < -0.39 is 0 Å². The third kappa shape index (κ3) is 3.20. The van der Waals surface area contributed by atoms with E-state index in [1.54, 1.807) is 45.4 Å². The topological polar surface area (TPSA) is 86.5 Å². The van der Waals surface area contributed by atoms with Crippen molar-refractivity contribution < 1.29 is 18.8 Å². The molecule has 2 aromatic heterocycles. The second kappa shape index (κ2) is 7.03. The first-order valence-corrected chi connectivity index (χ1v) is 8.25. The van der Waals surface area contributed by atoms with Gasteiger partial charge >= 0.3 is 0 Å². The van der Waals surface area contributed by atoms with Gasteiger partial charge in [0, 0.05) is 17.4 Å². The molecule has 136 valence electrons. The van der Waals surface area contributed by atoms with Gasteiger partial charge in [-0.2, -0.15) is 0 Å². The number of carbonyl (C=O) groups is 1. The molecule has 0 unspecified atom stereocenters. The largest absolute Gasteiger partial charge is 0.493 e. The molecule has 3 rings (SSSR count). The molecular weight excluding hydrogens is 334 g/mol. The second-order valence-corrected chi connectivity index (χ2v) is 6.22. The average Bonchev–Trinajstić information content (AvgIpc) is 3.01. The van der Waals surface area contributed by atoms with E-state index in [0.29, 0.717) is 39.5 Å². The SMILES string of the molecule is COc1ccc(NC(=O)c2cc(C(C)C)nc3onc(C)c23)cc1OC. The van der Waals surface area contributed by atoms with E-state index >= 15 is 0 Å². The molecule has 0 aliphatic rings. The number of benzene rings is 1. The van der Waals surface area contributed by atoms with Crippen LogP contribution >= 0.6 is 0 Å². The highest BCUT2D eigenvalue weighted by Gasteiger charge is 2.20. The summed E-state index contributed by atoms with van der Waals surface area (Å²) in [5, 5.41) is 7.45. The van der Waals surface area contributed by atoms with Crippen molar-refractivity contribution in [1.82, 2.24) is 10.1 Å². The van der Waals surface area contributed by atoms with E-state index in [9.17, 15) is 4.79 Å². The van der Waals surface area contributed by atoms with Gasteiger partial charge in [0.05, 0.1) is 30.9 Å². The molecule has 0 saturated carbocycles. The number of fused-ring (bicyclic) bond motifs is 1. The average molecular weight is 355 g/mol. The first-order chi connectivity index (χ1) is 12.4. The van der Waals surface area contributed by atoms with Crippen molar-refractivity contribution >= 4 is 22.7 Å². The molecule has 1 N–H and O–H groups in total. The van der Waals surface area contributed by atoms with E-state index in [0.717, 1.165) is 5.69 Å². The van der Waals surface area contributed by atoms with Gasteiger partial charge in [0.25, 0.3) is 11.6 Å². The minimum atomic E-state index is -0.266. The molecule has 1 aromatic carbocycles. The summed E-state index contributed by atoms with van der Waals surface area (Å²) in [7, 11) is 3.11. The monoisotopic (exact) mass is 355 g/mol. The van der Waals surface area contributed by atoms with Crippen LogP contribution in [0.3, 0.4) is 0 Å². The molecule has 0 bridgehead atoms. The Morgan fingerprint density at radius 1 is 1.15 bits per heavy atom. The van der Waals surface area contributed by atoms with E-state index in [2.05, 4.69) is 15.5 Å². The number of nitrogens with zero attached hydrogens (tertiary/aromatic N) is 2. The third-order valence-electron chi connectivity index (χ3n) is 4.11. The number of pyridine rings is 1. The molecule has 0 atom stereocenters. The molecule has 0 aliphatic carbocycles. The molecule has 26 heavy (non-hydrogen) atoms. The first-order valence-electron chi connectivity index (χ1n) is 8.25. The zero-order valence-corrected chi connectivity index (χ0v) is 15.4. The number of carbonyl (C=O) groups excluding carboxylic acids is 1. The zero-order chi connectivity index (χ0) is 18.8. The van der Waals surface area contributed by atoms with Crippen molar-refractivity contribution in [2.45, 2.75) is 26.7 Å². The normalized spacial score (nSPS) is 11.0. The molecule has 7 heteroatoms. The van der Waals surface area contributed by atoms with E-state index in [4.69, 9.17) is 14.0 Å². The summed E-state index contributed by atoms with van der Waals surface area (Å²) in [6.45, 7) is 5.80. The van der Waals surface area contributed by atoms with Gasteiger partial charge in [0.15, 0.2) is 11.5 Å². The summed E-state index contributed by atoms with van der Waals surface area (Å²) >= 11 is 0. The summed E-state index contributed by atoms with van der Waals surface area (Å²) in [5.74, 6) is 1.01. The fourth-order valence-corrected chi connectivity index (χ4v) is 2.70. The van der Waals surface area contributed by atoms with Crippen molar-refractivity contribution in [3.63, 3.8) is 0 Å². The minimum Gasteiger partial charge on any atom is -0.493 e. The van der Waals surface area contributed by atoms with Crippen molar-refractivity contribution in [3.05, 3.63) is 41.2 Å². The third-order valence-corrected chi connectivity index (χ3v) is 4.11. The lowest BCUT2D eigenvalue weighted by atomic mass is 10.0. The predicted molar refractivity (Wildman–Crippen MR) is 98.1 cm³/mol. The Labute approximate surface area is 151 Å². The second-order valence-electron chi connectivity index (χ2n) is 6.22. The van der Waals surface area contributed by atoms with Crippen molar-refractivity contribution in [3.8, 4) is 11.5 Å². The Hall–Kier alpha value is -3.09. The molecule has 0 saturated heterocycles. The number of aromatic nitrogens is 2. The Balaban J connectivity index is 2.01. The summed E-state index contributed by atoms with van der Waals surface area (Å²) in [4.78, 5) is 17.4. The zero-order valence-electron chi connectivity index (χ0n) is 15.4. The molecule has 2 heterocycles. The molecular formula is C19H21N3O4. The lowest BCUT2D eigenvalue weighted by Crippen LogP contribution is -2.14. The number of rotatable bonds is 5. The standard InChI is InChI=1S/C19H21N3O4/c1-10(2)14-9-13(17-11(3)22-26-19(17)21-14)18(23)20-12-6-7-15(24-4)16(8-12)25-5/h6-10H,1-5H3,(H,20,23). The van der Waals surface area contributed by atoms with Crippen LogP contribution in [-0.2, 0) is 0 Å². The number of amides is 1. The van der Waals surface area contributed by atoms with E-state index in [-0.39, 0.29) is 11.8 Å². The van der Waals surface area contributed by atoms with Crippen LogP contribution in [0.2, 0.25) is 0 Å². The quantitative estimate of drug-likeness (QED) is 0.746. The summed E-state index contributed by atoms with van der Waals surface area (Å²) in [5.41, 5.74) is 2.84. The van der Waals surface area contributed by atoms with Crippen molar-refractivity contribution in [2.24, 2.45) is 0 Å². The smallest absolute Gasteiger partial charge is 0.259 e. The molecule has 0 fully saturated rings. The van der Waals surface area contributed by atoms with Crippen LogP contribution < -0.4 is 14.8 Å². The van der Waals surface area contributed by atoms with Crippen LogP contribution in [-0.4, -0.2) is 30.3 Å². The highest BCUT2D eigenvalue weighted by atomic mass is 16.5. The number of methoxy groups -OCH3 is 2. The Morgan fingerprint density at radius 3 is 2.54 bits per heavy atom. The van der Waals surface area contributed by atoms with Crippen molar-refractivity contribution in [2.75, 3.05) is 19.5 Å². The Bertz CT molecular complexity index is 963. The molecule has 1 amide bonds. The molecule has 7 nitrogen and oxygen atoms in total. The fourth-order valence-electron chi connectivity index (χ4n) is 2.70. The summed E-state index contributed by atoms with van der Waals surface area (Å²) < 4.78 is 15.8. The van der Waals surface area contributed by atoms with Gasteiger partial charge in [-0.05, 0) is 31.0 Å². The predicted octanol–water partition coefficient (Wildman–Crippen LogP) is 3.92. The highest BCUT2D eigenvalue weighted by Crippen LogP contribution is 2.31. The minimum absolute atomic E-state index is 0.150. The lowest BCUT2D eigenvalue weighted by molar-refractivity contribution is 0.102. The first kappa shape index (κ1) is 17.7. The summed E-state index contributed by atoms with van der Waals surface area (Å²) in [6, 6.07) is 6.98. The van der Waals surface area contributed by atoms with Gasteiger partial charge in [-0.25, -0.2) is 4.98 Å². The van der Waals surface area contributed by atoms with Gasteiger partial charge in [0.2, 0.25) is 0 Å². The molecule has 0 aliphatic heterocycles. The van der Waals surface area contributed by atoms with Crippen LogP contribution in [0.4, 0.5) is 5.69 Å². The number of anilines is 1. The maximum absolute atomic E-state index is 12.9. The van der Waals surface area contributed by atoms with Crippen molar-refractivity contribution in [1.29, 1.82) is 0 Å². The molecule has 3 aromatic rings. The number of hydrogen-bond acceptors (Lipinski definition) is 6.